The van der Waals surface area contributed by atoms with Gasteiger partial charge in [0.1, 0.15) is 0 Å². The van der Waals surface area contributed by atoms with E-state index in [0.717, 1.165) is 37.2 Å². The number of hydrogen-bond acceptors (Lipinski definition) is 3. The zero-order valence-corrected chi connectivity index (χ0v) is 12.8. The lowest BCUT2D eigenvalue weighted by molar-refractivity contribution is 0.0913. The van der Waals surface area contributed by atoms with Crippen LogP contribution in [-0.2, 0) is 4.74 Å². The molecule has 0 atom stereocenters. The van der Waals surface area contributed by atoms with Gasteiger partial charge in [0, 0.05) is 25.4 Å². The Balaban J connectivity index is 2.47. The summed E-state index contributed by atoms with van der Waals surface area (Å²) in [4.78, 5) is 12.2. The van der Waals surface area contributed by atoms with Crippen molar-refractivity contribution in [3.8, 4) is 0 Å². The van der Waals surface area contributed by atoms with Crippen LogP contribution in [0.5, 0.6) is 0 Å². The zero-order chi connectivity index (χ0) is 14.8. The van der Waals surface area contributed by atoms with Crippen molar-refractivity contribution in [2.75, 3.05) is 31.6 Å². The third-order valence-electron chi connectivity index (χ3n) is 2.96. The Morgan fingerprint density at radius 2 is 2.05 bits per heavy atom. The summed E-state index contributed by atoms with van der Waals surface area (Å²) in [5, 5.41) is 6.11. The van der Waals surface area contributed by atoms with E-state index in [2.05, 4.69) is 17.6 Å². The molecule has 0 aliphatic rings. The van der Waals surface area contributed by atoms with Gasteiger partial charge in [-0.3, -0.25) is 4.79 Å². The van der Waals surface area contributed by atoms with E-state index >= 15 is 0 Å². The van der Waals surface area contributed by atoms with Crippen molar-refractivity contribution in [3.05, 3.63) is 29.3 Å². The number of aryl methyl sites for hydroxylation is 1. The molecule has 1 amide bonds. The first kappa shape index (κ1) is 16.5. The van der Waals surface area contributed by atoms with Gasteiger partial charge >= 0.3 is 0 Å². The molecule has 0 fully saturated rings. The second-order valence-corrected chi connectivity index (χ2v) is 4.80. The molecule has 1 rings (SSSR count). The van der Waals surface area contributed by atoms with Gasteiger partial charge in [-0.2, -0.15) is 0 Å². The Kier molecular flexibility index (Phi) is 7.73. The molecule has 0 aliphatic heterocycles. The van der Waals surface area contributed by atoms with Crippen molar-refractivity contribution in [2.45, 2.75) is 33.6 Å². The predicted octanol–water partition coefficient (Wildman–Crippen LogP) is 2.97. The van der Waals surface area contributed by atoms with Crippen molar-refractivity contribution in [1.82, 2.24) is 5.32 Å². The molecular weight excluding hydrogens is 252 g/mol. The van der Waals surface area contributed by atoms with Crippen LogP contribution in [0.1, 0.15) is 42.6 Å². The Bertz CT molecular complexity index is 419. The Labute approximate surface area is 121 Å². The molecule has 4 heteroatoms. The normalized spacial score (nSPS) is 10.3. The molecule has 2 N–H and O–H groups in total. The van der Waals surface area contributed by atoms with Gasteiger partial charge in [0.25, 0.3) is 5.91 Å². The molecular formula is C16H26N2O2. The number of nitrogens with one attached hydrogen (secondary N) is 2. The fraction of sp³-hybridized carbons (Fsp3) is 0.562. The monoisotopic (exact) mass is 278 g/mol. The van der Waals surface area contributed by atoms with Gasteiger partial charge in [-0.25, -0.2) is 0 Å². The van der Waals surface area contributed by atoms with E-state index in [1.54, 1.807) is 0 Å². The number of unbranched alkanes of at least 4 members (excludes halogenated alkanes) is 1. The van der Waals surface area contributed by atoms with Gasteiger partial charge in [0.2, 0.25) is 0 Å². The smallest absolute Gasteiger partial charge is 0.253 e. The highest BCUT2D eigenvalue weighted by Gasteiger charge is 2.10. The maximum Gasteiger partial charge on any atom is 0.253 e. The number of carbonyl (C=O) groups is 1. The van der Waals surface area contributed by atoms with Gasteiger partial charge in [-0.1, -0.05) is 25.0 Å². The van der Waals surface area contributed by atoms with Crippen LogP contribution in [0, 0.1) is 6.92 Å². The minimum Gasteiger partial charge on any atom is -0.385 e. The van der Waals surface area contributed by atoms with Crippen molar-refractivity contribution >= 4 is 11.6 Å². The fourth-order valence-corrected chi connectivity index (χ4v) is 1.87. The van der Waals surface area contributed by atoms with E-state index in [9.17, 15) is 4.79 Å². The highest BCUT2D eigenvalue weighted by atomic mass is 16.5. The van der Waals surface area contributed by atoms with Gasteiger partial charge < -0.3 is 15.4 Å². The number of ether oxygens (including phenoxy) is 1. The predicted molar refractivity (Wildman–Crippen MR) is 83.4 cm³/mol. The maximum absolute atomic E-state index is 12.2. The van der Waals surface area contributed by atoms with Crippen LogP contribution in [0.2, 0.25) is 0 Å². The van der Waals surface area contributed by atoms with Crippen LogP contribution < -0.4 is 10.6 Å². The van der Waals surface area contributed by atoms with E-state index in [4.69, 9.17) is 4.74 Å². The molecule has 0 unspecified atom stereocenters. The van der Waals surface area contributed by atoms with Crippen LogP contribution >= 0.6 is 0 Å². The first-order valence-corrected chi connectivity index (χ1v) is 7.39. The Morgan fingerprint density at radius 1 is 1.25 bits per heavy atom. The van der Waals surface area contributed by atoms with Crippen molar-refractivity contribution in [1.29, 1.82) is 0 Å². The third-order valence-corrected chi connectivity index (χ3v) is 2.96. The van der Waals surface area contributed by atoms with E-state index in [-0.39, 0.29) is 5.91 Å². The number of amides is 1. The number of anilines is 1. The second-order valence-electron chi connectivity index (χ2n) is 4.80. The highest BCUT2D eigenvalue weighted by Crippen LogP contribution is 2.17. The van der Waals surface area contributed by atoms with E-state index < -0.39 is 0 Å². The first-order valence-electron chi connectivity index (χ1n) is 7.39. The number of benzene rings is 1. The van der Waals surface area contributed by atoms with Crippen LogP contribution in [0.15, 0.2) is 18.2 Å². The Hall–Kier alpha value is -1.55. The summed E-state index contributed by atoms with van der Waals surface area (Å²) in [6.45, 7) is 8.80. The SMILES string of the molecule is CCCCOCCNC(=O)c1cc(C)ccc1NCC. The van der Waals surface area contributed by atoms with Crippen LogP contribution in [0.25, 0.3) is 0 Å². The minimum atomic E-state index is -0.0521. The summed E-state index contributed by atoms with van der Waals surface area (Å²) in [5.74, 6) is -0.0521. The molecule has 0 aliphatic carbocycles. The highest BCUT2D eigenvalue weighted by molar-refractivity contribution is 5.99. The molecule has 1 aromatic rings. The average Bonchev–Trinajstić information content (AvgIpc) is 2.44. The molecule has 20 heavy (non-hydrogen) atoms. The largest absolute Gasteiger partial charge is 0.385 e. The molecule has 4 nitrogen and oxygen atoms in total. The van der Waals surface area contributed by atoms with E-state index in [0.29, 0.717) is 18.7 Å². The second kappa shape index (κ2) is 9.37. The lowest BCUT2D eigenvalue weighted by atomic mass is 10.1. The van der Waals surface area contributed by atoms with Gasteiger partial charge in [-0.05, 0) is 32.4 Å². The summed E-state index contributed by atoms with van der Waals surface area (Å²) in [5.41, 5.74) is 2.65. The molecule has 1 aromatic carbocycles. The topological polar surface area (TPSA) is 50.4 Å². The Morgan fingerprint density at radius 3 is 2.75 bits per heavy atom. The van der Waals surface area contributed by atoms with Gasteiger partial charge in [-0.15, -0.1) is 0 Å². The van der Waals surface area contributed by atoms with E-state index in [1.165, 1.54) is 0 Å². The van der Waals surface area contributed by atoms with Crippen LogP contribution in [0.4, 0.5) is 5.69 Å². The zero-order valence-electron chi connectivity index (χ0n) is 12.8. The third kappa shape index (κ3) is 5.61. The first-order chi connectivity index (χ1) is 9.69. The molecule has 0 radical (unpaired) electrons. The molecule has 112 valence electrons. The summed E-state index contributed by atoms with van der Waals surface area (Å²) < 4.78 is 5.43. The average molecular weight is 278 g/mol. The fourth-order valence-electron chi connectivity index (χ4n) is 1.87. The number of carbonyl (C=O) groups excluding carboxylic acids is 1. The molecule has 0 heterocycles. The lowest BCUT2D eigenvalue weighted by Gasteiger charge is -2.12. The van der Waals surface area contributed by atoms with Gasteiger partial charge in [0.15, 0.2) is 0 Å². The molecule has 0 aromatic heterocycles. The molecule has 0 bridgehead atoms. The van der Waals surface area contributed by atoms with Gasteiger partial charge in [0.05, 0.1) is 12.2 Å². The van der Waals surface area contributed by atoms with E-state index in [1.807, 2.05) is 32.0 Å². The molecule has 0 spiro atoms. The summed E-state index contributed by atoms with van der Waals surface area (Å²) in [7, 11) is 0. The lowest BCUT2D eigenvalue weighted by Crippen LogP contribution is -2.28. The standard InChI is InChI=1S/C16H26N2O2/c1-4-6-10-20-11-9-18-16(19)14-12-13(3)7-8-15(14)17-5-2/h7-8,12,17H,4-6,9-11H2,1-3H3,(H,18,19). The van der Waals surface area contributed by atoms with Crippen molar-refractivity contribution < 1.29 is 9.53 Å². The molecule has 0 saturated heterocycles. The number of rotatable bonds is 9. The van der Waals surface area contributed by atoms with Crippen molar-refractivity contribution in [3.63, 3.8) is 0 Å². The summed E-state index contributed by atoms with van der Waals surface area (Å²) in [6.07, 6.45) is 2.19. The maximum atomic E-state index is 12.2. The number of hydrogen-bond donors (Lipinski definition) is 2. The summed E-state index contributed by atoms with van der Waals surface area (Å²) >= 11 is 0. The van der Waals surface area contributed by atoms with Crippen LogP contribution in [0.3, 0.4) is 0 Å². The quantitative estimate of drug-likeness (QED) is 0.683. The summed E-state index contributed by atoms with van der Waals surface area (Å²) in [6, 6.07) is 5.86. The van der Waals surface area contributed by atoms with Crippen LogP contribution in [-0.4, -0.2) is 32.2 Å². The minimum absolute atomic E-state index is 0.0521. The van der Waals surface area contributed by atoms with Crippen molar-refractivity contribution in [2.24, 2.45) is 0 Å². The molecule has 0 saturated carbocycles.